The second kappa shape index (κ2) is 3.89. The van der Waals surface area contributed by atoms with Crippen molar-refractivity contribution in [3.05, 3.63) is 41.3 Å². The highest BCUT2D eigenvalue weighted by Crippen LogP contribution is 2.25. The Kier molecular flexibility index (Phi) is 2.56. The molecule has 4 heteroatoms. The standard InChI is InChI=1S/C12H12FN3/c1-7-5-9(13)3-4-10(7)11-8(2)6-15-12(14)16-11/h3-6H,1-2H3,(H2,14,15,16). The molecule has 0 spiro atoms. The third kappa shape index (κ3) is 1.86. The van der Waals surface area contributed by atoms with Crippen LogP contribution in [0.5, 0.6) is 0 Å². The first-order chi connectivity index (χ1) is 7.58. The summed E-state index contributed by atoms with van der Waals surface area (Å²) in [5.74, 6) is -0.0229. The van der Waals surface area contributed by atoms with Crippen LogP contribution in [-0.2, 0) is 0 Å². The monoisotopic (exact) mass is 217 g/mol. The quantitative estimate of drug-likeness (QED) is 0.798. The van der Waals surface area contributed by atoms with Crippen LogP contribution in [0, 0.1) is 19.7 Å². The Morgan fingerprint density at radius 3 is 2.62 bits per heavy atom. The number of benzene rings is 1. The molecule has 1 aromatic carbocycles. The fraction of sp³-hybridized carbons (Fsp3) is 0.167. The molecular formula is C12H12FN3. The molecule has 2 rings (SSSR count). The van der Waals surface area contributed by atoms with E-state index in [1.54, 1.807) is 12.3 Å². The lowest BCUT2D eigenvalue weighted by molar-refractivity contribution is 0.627. The summed E-state index contributed by atoms with van der Waals surface area (Å²) in [6.45, 7) is 3.74. The topological polar surface area (TPSA) is 51.8 Å². The van der Waals surface area contributed by atoms with Crippen LogP contribution >= 0.6 is 0 Å². The summed E-state index contributed by atoms with van der Waals surface area (Å²) in [6, 6.07) is 4.60. The van der Waals surface area contributed by atoms with E-state index in [1.807, 2.05) is 13.8 Å². The highest BCUT2D eigenvalue weighted by molar-refractivity contribution is 5.66. The number of aromatic nitrogens is 2. The van der Waals surface area contributed by atoms with Gasteiger partial charge in [-0.15, -0.1) is 0 Å². The molecule has 82 valence electrons. The molecule has 0 aliphatic carbocycles. The van der Waals surface area contributed by atoms with E-state index in [2.05, 4.69) is 9.97 Å². The molecular weight excluding hydrogens is 205 g/mol. The summed E-state index contributed by atoms with van der Waals surface area (Å²) in [4.78, 5) is 8.08. The number of hydrogen-bond donors (Lipinski definition) is 1. The van der Waals surface area contributed by atoms with Gasteiger partial charge in [-0.25, -0.2) is 14.4 Å². The van der Waals surface area contributed by atoms with Crippen molar-refractivity contribution in [2.24, 2.45) is 0 Å². The summed E-state index contributed by atoms with van der Waals surface area (Å²) >= 11 is 0. The molecule has 3 nitrogen and oxygen atoms in total. The van der Waals surface area contributed by atoms with Crippen molar-refractivity contribution in [2.45, 2.75) is 13.8 Å². The van der Waals surface area contributed by atoms with Gasteiger partial charge in [0.1, 0.15) is 5.82 Å². The molecule has 2 N–H and O–H groups in total. The lowest BCUT2D eigenvalue weighted by Crippen LogP contribution is -1.99. The molecule has 1 aromatic heterocycles. The zero-order chi connectivity index (χ0) is 11.7. The van der Waals surface area contributed by atoms with Gasteiger partial charge in [0.15, 0.2) is 0 Å². The van der Waals surface area contributed by atoms with E-state index in [4.69, 9.17) is 5.73 Å². The van der Waals surface area contributed by atoms with Gasteiger partial charge in [0, 0.05) is 11.8 Å². The minimum atomic E-state index is -0.249. The van der Waals surface area contributed by atoms with Crippen molar-refractivity contribution in [1.29, 1.82) is 0 Å². The van der Waals surface area contributed by atoms with Crippen LogP contribution in [0.3, 0.4) is 0 Å². The fourth-order valence-electron chi connectivity index (χ4n) is 1.62. The summed E-state index contributed by atoms with van der Waals surface area (Å²) in [5, 5.41) is 0. The van der Waals surface area contributed by atoms with Crippen molar-refractivity contribution in [2.75, 3.05) is 5.73 Å². The van der Waals surface area contributed by atoms with Crippen molar-refractivity contribution < 1.29 is 4.39 Å². The van der Waals surface area contributed by atoms with Crippen molar-refractivity contribution in [3.63, 3.8) is 0 Å². The summed E-state index contributed by atoms with van der Waals surface area (Å²) < 4.78 is 13.0. The minimum Gasteiger partial charge on any atom is -0.368 e. The molecule has 0 radical (unpaired) electrons. The van der Waals surface area contributed by atoms with Crippen molar-refractivity contribution in [1.82, 2.24) is 9.97 Å². The van der Waals surface area contributed by atoms with Gasteiger partial charge in [0.25, 0.3) is 0 Å². The van der Waals surface area contributed by atoms with Crippen LogP contribution in [0.2, 0.25) is 0 Å². The van der Waals surface area contributed by atoms with Gasteiger partial charge < -0.3 is 5.73 Å². The van der Waals surface area contributed by atoms with Crippen molar-refractivity contribution in [3.8, 4) is 11.3 Å². The number of nitrogens with zero attached hydrogens (tertiary/aromatic N) is 2. The average Bonchev–Trinajstić information content (AvgIpc) is 2.22. The van der Waals surface area contributed by atoms with Crippen LogP contribution in [0.4, 0.5) is 10.3 Å². The van der Waals surface area contributed by atoms with E-state index in [1.165, 1.54) is 12.1 Å². The average molecular weight is 217 g/mol. The SMILES string of the molecule is Cc1cc(F)ccc1-c1nc(N)ncc1C. The molecule has 0 aliphatic rings. The van der Waals surface area contributed by atoms with Gasteiger partial charge in [-0.2, -0.15) is 0 Å². The Morgan fingerprint density at radius 1 is 1.19 bits per heavy atom. The first kappa shape index (κ1) is 10.5. The second-order valence-electron chi connectivity index (χ2n) is 3.72. The number of aryl methyl sites for hydroxylation is 2. The largest absolute Gasteiger partial charge is 0.368 e. The zero-order valence-corrected chi connectivity index (χ0v) is 9.16. The van der Waals surface area contributed by atoms with Crippen LogP contribution in [0.15, 0.2) is 24.4 Å². The van der Waals surface area contributed by atoms with E-state index >= 15 is 0 Å². The predicted molar refractivity (Wildman–Crippen MR) is 61.3 cm³/mol. The van der Waals surface area contributed by atoms with E-state index in [0.29, 0.717) is 0 Å². The number of anilines is 1. The molecule has 0 aliphatic heterocycles. The number of halogens is 1. The van der Waals surface area contributed by atoms with E-state index < -0.39 is 0 Å². The lowest BCUT2D eigenvalue weighted by Gasteiger charge is -2.08. The second-order valence-corrected chi connectivity index (χ2v) is 3.72. The summed E-state index contributed by atoms with van der Waals surface area (Å²) in [6.07, 6.45) is 1.67. The van der Waals surface area contributed by atoms with Crippen LogP contribution < -0.4 is 5.73 Å². The van der Waals surface area contributed by atoms with E-state index in [9.17, 15) is 4.39 Å². The highest BCUT2D eigenvalue weighted by atomic mass is 19.1. The Bertz CT molecular complexity index is 538. The molecule has 0 unspecified atom stereocenters. The van der Waals surface area contributed by atoms with Gasteiger partial charge in [0.2, 0.25) is 5.95 Å². The van der Waals surface area contributed by atoms with E-state index in [0.717, 1.165) is 22.4 Å². The lowest BCUT2D eigenvalue weighted by atomic mass is 10.0. The fourth-order valence-corrected chi connectivity index (χ4v) is 1.62. The highest BCUT2D eigenvalue weighted by Gasteiger charge is 2.08. The number of nitrogen functional groups attached to an aromatic ring is 1. The van der Waals surface area contributed by atoms with Crippen molar-refractivity contribution >= 4 is 5.95 Å². The Balaban J connectivity index is 2.62. The molecule has 0 amide bonds. The molecule has 0 saturated heterocycles. The number of rotatable bonds is 1. The normalized spacial score (nSPS) is 10.4. The maximum atomic E-state index is 13.0. The molecule has 2 aromatic rings. The van der Waals surface area contributed by atoms with Crippen LogP contribution in [0.25, 0.3) is 11.3 Å². The van der Waals surface area contributed by atoms with Crippen LogP contribution in [-0.4, -0.2) is 9.97 Å². The maximum Gasteiger partial charge on any atom is 0.220 e. The van der Waals surface area contributed by atoms with Gasteiger partial charge >= 0.3 is 0 Å². The van der Waals surface area contributed by atoms with Gasteiger partial charge in [-0.3, -0.25) is 0 Å². The Morgan fingerprint density at radius 2 is 1.94 bits per heavy atom. The number of hydrogen-bond acceptors (Lipinski definition) is 3. The summed E-state index contributed by atoms with van der Waals surface area (Å²) in [5.41, 5.74) is 8.94. The molecule has 1 heterocycles. The maximum absolute atomic E-state index is 13.0. The Hall–Kier alpha value is -1.97. The van der Waals surface area contributed by atoms with Gasteiger partial charge in [-0.1, -0.05) is 0 Å². The van der Waals surface area contributed by atoms with E-state index in [-0.39, 0.29) is 11.8 Å². The first-order valence-corrected chi connectivity index (χ1v) is 4.93. The van der Waals surface area contributed by atoms with Crippen LogP contribution in [0.1, 0.15) is 11.1 Å². The molecule has 0 fully saturated rings. The minimum absolute atomic E-state index is 0.226. The van der Waals surface area contributed by atoms with Gasteiger partial charge in [-0.05, 0) is 43.2 Å². The smallest absolute Gasteiger partial charge is 0.220 e. The number of nitrogens with two attached hydrogens (primary N) is 1. The molecule has 0 atom stereocenters. The molecule has 0 bridgehead atoms. The zero-order valence-electron chi connectivity index (χ0n) is 9.16. The third-order valence-electron chi connectivity index (χ3n) is 2.43. The van der Waals surface area contributed by atoms with Gasteiger partial charge in [0.05, 0.1) is 5.69 Å². The third-order valence-corrected chi connectivity index (χ3v) is 2.43. The predicted octanol–water partition coefficient (Wildman–Crippen LogP) is 2.48. The Labute approximate surface area is 93.2 Å². The molecule has 16 heavy (non-hydrogen) atoms. The molecule has 0 saturated carbocycles. The first-order valence-electron chi connectivity index (χ1n) is 4.93. The summed E-state index contributed by atoms with van der Waals surface area (Å²) in [7, 11) is 0.